The van der Waals surface area contributed by atoms with Gasteiger partial charge in [0.2, 0.25) is 0 Å². The van der Waals surface area contributed by atoms with Gasteiger partial charge in [0.1, 0.15) is 0 Å². The Kier molecular flexibility index (Phi) is 3.66. The van der Waals surface area contributed by atoms with E-state index in [1.165, 1.54) is 12.0 Å². The molecule has 0 radical (unpaired) electrons. The van der Waals surface area contributed by atoms with E-state index in [0.717, 1.165) is 13.1 Å². The lowest BCUT2D eigenvalue weighted by atomic mass is 9.99. The van der Waals surface area contributed by atoms with Gasteiger partial charge in [-0.15, -0.1) is 0 Å². The molecule has 2 heteroatoms. The van der Waals surface area contributed by atoms with E-state index in [2.05, 4.69) is 75.2 Å². The maximum absolute atomic E-state index is 3.76. The second-order valence-corrected chi connectivity index (χ2v) is 7.98. The van der Waals surface area contributed by atoms with E-state index in [-0.39, 0.29) is 0 Å². The SMILES string of the molecule is CCC1CNC(c2ccccc2)CN1C1C(C)(C)C1(C)C. The highest BCUT2D eigenvalue weighted by atomic mass is 15.3. The first kappa shape index (κ1) is 15.1. The van der Waals surface area contributed by atoms with Crippen LogP contribution in [0.15, 0.2) is 30.3 Å². The number of nitrogens with zero attached hydrogens (tertiary/aromatic N) is 1. The van der Waals surface area contributed by atoms with E-state index < -0.39 is 0 Å². The Bertz CT molecular complexity index is 478. The Hall–Kier alpha value is -0.860. The maximum Gasteiger partial charge on any atom is 0.0450 e. The van der Waals surface area contributed by atoms with Crippen LogP contribution in [-0.2, 0) is 0 Å². The molecule has 0 amide bonds. The summed E-state index contributed by atoms with van der Waals surface area (Å²) in [6.45, 7) is 14.3. The van der Waals surface area contributed by atoms with E-state index >= 15 is 0 Å². The van der Waals surface area contributed by atoms with Crippen LogP contribution in [0, 0.1) is 10.8 Å². The number of benzene rings is 1. The zero-order valence-electron chi connectivity index (χ0n) is 14.2. The molecule has 1 aliphatic carbocycles. The minimum absolute atomic E-state index is 0.430. The highest BCUT2D eigenvalue weighted by Crippen LogP contribution is 2.66. The Morgan fingerprint density at radius 3 is 2.24 bits per heavy atom. The van der Waals surface area contributed by atoms with Crippen LogP contribution in [0.1, 0.15) is 52.6 Å². The molecule has 1 aromatic rings. The zero-order chi connectivity index (χ0) is 15.3. The quantitative estimate of drug-likeness (QED) is 0.908. The van der Waals surface area contributed by atoms with Crippen molar-refractivity contribution in [1.82, 2.24) is 10.2 Å². The molecular weight excluding hydrogens is 256 g/mol. The standard InChI is InChI=1S/C19H30N2/c1-6-15-12-20-16(14-10-8-7-9-11-14)13-21(15)17-18(2,3)19(17,4)5/h7-11,15-17,20H,6,12-13H2,1-5H3. The van der Waals surface area contributed by atoms with Crippen LogP contribution in [0.3, 0.4) is 0 Å². The van der Waals surface area contributed by atoms with Gasteiger partial charge < -0.3 is 5.32 Å². The summed E-state index contributed by atoms with van der Waals surface area (Å²) in [5.74, 6) is 0. The predicted molar refractivity (Wildman–Crippen MR) is 89.3 cm³/mol. The summed E-state index contributed by atoms with van der Waals surface area (Å²) in [5, 5.41) is 3.76. The molecule has 116 valence electrons. The summed E-state index contributed by atoms with van der Waals surface area (Å²) >= 11 is 0. The van der Waals surface area contributed by atoms with Crippen molar-refractivity contribution in [2.45, 2.75) is 59.2 Å². The first-order valence-electron chi connectivity index (χ1n) is 8.43. The van der Waals surface area contributed by atoms with Crippen molar-refractivity contribution in [3.05, 3.63) is 35.9 Å². The molecule has 2 unspecified atom stereocenters. The van der Waals surface area contributed by atoms with Crippen LogP contribution in [0.25, 0.3) is 0 Å². The topological polar surface area (TPSA) is 15.3 Å². The van der Waals surface area contributed by atoms with Crippen molar-refractivity contribution in [3.63, 3.8) is 0 Å². The average Bonchev–Trinajstić information content (AvgIpc) is 2.89. The summed E-state index contributed by atoms with van der Waals surface area (Å²) in [4.78, 5) is 2.80. The third kappa shape index (κ3) is 2.33. The van der Waals surface area contributed by atoms with Gasteiger partial charge in [-0.3, -0.25) is 4.90 Å². The molecule has 1 aliphatic heterocycles. The van der Waals surface area contributed by atoms with Gasteiger partial charge in [0.25, 0.3) is 0 Å². The molecule has 2 fully saturated rings. The molecule has 2 atom stereocenters. The number of nitrogens with one attached hydrogen (secondary N) is 1. The fourth-order valence-corrected chi connectivity index (χ4v) is 4.41. The van der Waals surface area contributed by atoms with Gasteiger partial charge in [0.05, 0.1) is 0 Å². The van der Waals surface area contributed by atoms with Gasteiger partial charge in [-0.25, -0.2) is 0 Å². The van der Waals surface area contributed by atoms with Crippen LogP contribution < -0.4 is 5.32 Å². The summed E-state index contributed by atoms with van der Waals surface area (Å²) in [6, 6.07) is 12.8. The molecule has 21 heavy (non-hydrogen) atoms. The van der Waals surface area contributed by atoms with Crippen LogP contribution in [-0.4, -0.2) is 30.1 Å². The molecule has 2 aliphatic rings. The second kappa shape index (κ2) is 5.10. The predicted octanol–water partition coefficient (Wildman–Crippen LogP) is 3.85. The van der Waals surface area contributed by atoms with Gasteiger partial charge in [0.15, 0.2) is 0 Å². The lowest BCUT2D eigenvalue weighted by molar-refractivity contribution is 0.0975. The molecule has 1 N–H and O–H groups in total. The minimum atomic E-state index is 0.430. The highest BCUT2D eigenvalue weighted by Gasteiger charge is 2.67. The first-order chi connectivity index (χ1) is 9.89. The van der Waals surface area contributed by atoms with Crippen molar-refractivity contribution in [3.8, 4) is 0 Å². The summed E-state index contributed by atoms with van der Waals surface area (Å²) in [6.07, 6.45) is 1.23. The van der Waals surface area contributed by atoms with Crippen molar-refractivity contribution < 1.29 is 0 Å². The van der Waals surface area contributed by atoms with Crippen molar-refractivity contribution in [2.24, 2.45) is 10.8 Å². The summed E-state index contributed by atoms with van der Waals surface area (Å²) in [7, 11) is 0. The van der Waals surface area contributed by atoms with E-state index in [1.807, 2.05) is 0 Å². The van der Waals surface area contributed by atoms with Crippen LogP contribution in [0.5, 0.6) is 0 Å². The fraction of sp³-hybridized carbons (Fsp3) is 0.684. The largest absolute Gasteiger partial charge is 0.307 e. The average molecular weight is 286 g/mol. The van der Waals surface area contributed by atoms with E-state index in [4.69, 9.17) is 0 Å². The van der Waals surface area contributed by atoms with Crippen LogP contribution in [0.2, 0.25) is 0 Å². The van der Waals surface area contributed by atoms with Crippen LogP contribution in [0.4, 0.5) is 0 Å². The molecule has 0 bridgehead atoms. The van der Waals surface area contributed by atoms with Gasteiger partial charge in [-0.05, 0) is 22.8 Å². The molecule has 0 aromatic heterocycles. The lowest BCUT2D eigenvalue weighted by Gasteiger charge is -2.42. The Morgan fingerprint density at radius 2 is 1.71 bits per heavy atom. The Balaban J connectivity index is 1.81. The Labute approximate surface area is 129 Å². The molecule has 1 saturated carbocycles. The maximum atomic E-state index is 3.76. The number of hydrogen-bond acceptors (Lipinski definition) is 2. The second-order valence-electron chi connectivity index (χ2n) is 7.98. The van der Waals surface area contributed by atoms with Crippen molar-refractivity contribution >= 4 is 0 Å². The molecule has 1 saturated heterocycles. The van der Waals surface area contributed by atoms with Crippen LogP contribution >= 0.6 is 0 Å². The molecule has 0 spiro atoms. The summed E-state index contributed by atoms with van der Waals surface area (Å²) in [5.41, 5.74) is 2.28. The van der Waals surface area contributed by atoms with Gasteiger partial charge >= 0.3 is 0 Å². The third-order valence-electron chi connectivity index (χ3n) is 6.41. The Morgan fingerprint density at radius 1 is 1.10 bits per heavy atom. The normalized spacial score (nSPS) is 32.0. The number of hydrogen-bond donors (Lipinski definition) is 1. The van der Waals surface area contributed by atoms with Gasteiger partial charge in [-0.1, -0.05) is 65.0 Å². The number of piperazine rings is 1. The molecular formula is C19H30N2. The molecule has 1 aromatic carbocycles. The van der Waals surface area contributed by atoms with Crippen molar-refractivity contribution in [2.75, 3.05) is 13.1 Å². The van der Waals surface area contributed by atoms with Crippen molar-refractivity contribution in [1.29, 1.82) is 0 Å². The third-order valence-corrected chi connectivity index (χ3v) is 6.41. The summed E-state index contributed by atoms with van der Waals surface area (Å²) < 4.78 is 0. The minimum Gasteiger partial charge on any atom is -0.307 e. The fourth-order valence-electron chi connectivity index (χ4n) is 4.41. The van der Waals surface area contributed by atoms with E-state index in [0.29, 0.717) is 29.0 Å². The van der Waals surface area contributed by atoms with Gasteiger partial charge in [-0.2, -0.15) is 0 Å². The van der Waals surface area contributed by atoms with E-state index in [9.17, 15) is 0 Å². The molecule has 1 heterocycles. The molecule has 3 rings (SSSR count). The smallest absolute Gasteiger partial charge is 0.0450 e. The highest BCUT2D eigenvalue weighted by molar-refractivity contribution is 5.23. The lowest BCUT2D eigenvalue weighted by Crippen LogP contribution is -2.54. The molecule has 2 nitrogen and oxygen atoms in total. The van der Waals surface area contributed by atoms with E-state index in [1.54, 1.807) is 0 Å². The zero-order valence-corrected chi connectivity index (χ0v) is 14.2. The first-order valence-corrected chi connectivity index (χ1v) is 8.43. The van der Waals surface area contributed by atoms with Gasteiger partial charge in [0, 0.05) is 31.2 Å². The number of rotatable bonds is 3. The monoisotopic (exact) mass is 286 g/mol.